The molecular formula is C10H8I4O4. The number of alkyl halides is 1. The standard InChI is InChI=1S/C10H8I4O4/c11-5-2-6(12)10(14,3-8(17)18)4(9(5)13)1-7(15)16/h2,4H,1,3H2,(H,15,16)(H,17,18). The maximum atomic E-state index is 11.0. The van der Waals surface area contributed by atoms with Crippen LogP contribution in [0.4, 0.5) is 0 Å². The van der Waals surface area contributed by atoms with Crippen molar-refractivity contribution >= 4 is 102 Å². The van der Waals surface area contributed by atoms with E-state index >= 15 is 0 Å². The highest BCUT2D eigenvalue weighted by Crippen LogP contribution is 2.53. The first-order valence-electron chi connectivity index (χ1n) is 4.73. The molecule has 0 saturated heterocycles. The van der Waals surface area contributed by atoms with E-state index in [1.54, 1.807) is 0 Å². The third kappa shape index (κ3) is 3.93. The molecule has 100 valence electrons. The maximum Gasteiger partial charge on any atom is 0.305 e. The predicted octanol–water partition coefficient (Wildman–Crippen LogP) is 4.14. The number of carboxylic acids is 2. The Labute approximate surface area is 159 Å². The number of halogens is 4. The molecule has 1 aliphatic rings. The summed E-state index contributed by atoms with van der Waals surface area (Å²) in [5, 5.41) is 18.1. The number of aliphatic carboxylic acids is 2. The fourth-order valence-electron chi connectivity index (χ4n) is 1.69. The number of hydrogen-bond acceptors (Lipinski definition) is 2. The third-order valence-corrected chi connectivity index (χ3v) is 9.80. The van der Waals surface area contributed by atoms with Gasteiger partial charge in [0.05, 0.1) is 16.3 Å². The van der Waals surface area contributed by atoms with E-state index in [9.17, 15) is 9.59 Å². The minimum atomic E-state index is -0.913. The first-order valence-corrected chi connectivity index (χ1v) is 9.05. The molecule has 0 spiro atoms. The minimum Gasteiger partial charge on any atom is -0.481 e. The van der Waals surface area contributed by atoms with Gasteiger partial charge in [-0.05, 0) is 73.8 Å². The van der Waals surface area contributed by atoms with E-state index in [1.807, 2.05) is 6.08 Å². The molecule has 0 aliphatic heterocycles. The molecule has 1 rings (SSSR count). The lowest BCUT2D eigenvalue weighted by Crippen LogP contribution is -2.38. The highest BCUT2D eigenvalue weighted by molar-refractivity contribution is 14.1. The highest BCUT2D eigenvalue weighted by Gasteiger charge is 2.45. The zero-order valence-corrected chi connectivity index (χ0v) is 17.4. The van der Waals surface area contributed by atoms with Crippen LogP contribution in [0.3, 0.4) is 0 Å². The summed E-state index contributed by atoms with van der Waals surface area (Å²) in [6.07, 6.45) is 1.80. The second kappa shape index (κ2) is 6.87. The Morgan fingerprint density at radius 3 is 2.22 bits per heavy atom. The van der Waals surface area contributed by atoms with Gasteiger partial charge in [0.25, 0.3) is 0 Å². The first-order chi connectivity index (χ1) is 8.18. The van der Waals surface area contributed by atoms with Crippen molar-refractivity contribution in [3.8, 4) is 0 Å². The number of allylic oxidation sites excluding steroid dienone is 4. The first kappa shape index (κ1) is 17.4. The highest BCUT2D eigenvalue weighted by atomic mass is 127. The van der Waals surface area contributed by atoms with Gasteiger partial charge in [-0.25, -0.2) is 0 Å². The molecule has 0 heterocycles. The van der Waals surface area contributed by atoms with Crippen LogP contribution >= 0.6 is 90.4 Å². The zero-order valence-electron chi connectivity index (χ0n) is 8.79. The van der Waals surface area contributed by atoms with Gasteiger partial charge >= 0.3 is 11.9 Å². The Hall–Kier alpha value is 1.34. The quantitative estimate of drug-likeness (QED) is 0.342. The summed E-state index contributed by atoms with van der Waals surface area (Å²) < 4.78 is 2.13. The Balaban J connectivity index is 3.24. The van der Waals surface area contributed by atoms with E-state index < -0.39 is 15.4 Å². The third-order valence-electron chi connectivity index (χ3n) is 2.52. The van der Waals surface area contributed by atoms with E-state index in [1.165, 1.54) is 0 Å². The summed E-state index contributed by atoms with van der Waals surface area (Å²) in [7, 11) is 0. The summed E-state index contributed by atoms with van der Waals surface area (Å²) in [6, 6.07) is 0. The summed E-state index contributed by atoms with van der Waals surface area (Å²) >= 11 is 8.48. The van der Waals surface area contributed by atoms with Crippen molar-refractivity contribution in [3.05, 3.63) is 16.8 Å². The molecule has 0 aromatic heterocycles. The topological polar surface area (TPSA) is 74.6 Å². The SMILES string of the molecule is O=C(O)CC1C(I)=C(I)C=C(I)C1(I)CC(=O)O. The van der Waals surface area contributed by atoms with E-state index in [0.29, 0.717) is 0 Å². The van der Waals surface area contributed by atoms with Gasteiger partial charge in [0.2, 0.25) is 0 Å². The normalized spacial score (nSPS) is 28.0. The predicted molar refractivity (Wildman–Crippen MR) is 102 cm³/mol. The van der Waals surface area contributed by atoms with Crippen molar-refractivity contribution < 1.29 is 19.8 Å². The van der Waals surface area contributed by atoms with Crippen molar-refractivity contribution in [3.63, 3.8) is 0 Å². The van der Waals surface area contributed by atoms with Crippen LogP contribution in [0, 0.1) is 5.92 Å². The fraction of sp³-hybridized carbons (Fsp3) is 0.400. The van der Waals surface area contributed by atoms with Crippen molar-refractivity contribution in [1.82, 2.24) is 0 Å². The van der Waals surface area contributed by atoms with Crippen LogP contribution in [-0.4, -0.2) is 25.6 Å². The summed E-state index contributed by atoms with van der Waals surface area (Å²) in [4.78, 5) is 22.0. The fourth-order valence-corrected chi connectivity index (χ4v) is 6.37. The van der Waals surface area contributed by atoms with Gasteiger partial charge in [-0.1, -0.05) is 22.6 Å². The molecule has 0 aromatic rings. The summed E-state index contributed by atoms with van der Waals surface area (Å²) in [6.45, 7) is 0. The van der Waals surface area contributed by atoms with Crippen molar-refractivity contribution in [2.75, 3.05) is 0 Å². The van der Waals surface area contributed by atoms with Gasteiger partial charge < -0.3 is 10.2 Å². The van der Waals surface area contributed by atoms with Gasteiger partial charge in [0, 0.05) is 16.7 Å². The average molecular weight is 700 g/mol. The van der Waals surface area contributed by atoms with Crippen molar-refractivity contribution in [1.29, 1.82) is 0 Å². The number of hydrogen-bond donors (Lipinski definition) is 2. The van der Waals surface area contributed by atoms with Crippen LogP contribution in [-0.2, 0) is 9.59 Å². The molecule has 8 heteroatoms. The van der Waals surface area contributed by atoms with E-state index in [0.717, 1.165) is 10.7 Å². The van der Waals surface area contributed by atoms with Gasteiger partial charge in [0.1, 0.15) is 0 Å². The summed E-state index contributed by atoms with van der Waals surface area (Å²) in [5.41, 5.74) is 0. The smallest absolute Gasteiger partial charge is 0.305 e. The largest absolute Gasteiger partial charge is 0.481 e. The van der Waals surface area contributed by atoms with E-state index in [4.69, 9.17) is 10.2 Å². The van der Waals surface area contributed by atoms with Crippen LogP contribution in [0.1, 0.15) is 12.8 Å². The van der Waals surface area contributed by atoms with Gasteiger partial charge in [-0.2, -0.15) is 0 Å². The minimum absolute atomic E-state index is 0.0542. The Bertz CT molecular complexity index is 457. The van der Waals surface area contributed by atoms with E-state index in [-0.39, 0.29) is 18.8 Å². The molecule has 1 aliphatic carbocycles. The average Bonchev–Trinajstić information content (AvgIpc) is 2.21. The van der Waals surface area contributed by atoms with Crippen molar-refractivity contribution in [2.45, 2.75) is 16.3 Å². The number of carbonyl (C=O) groups is 2. The van der Waals surface area contributed by atoms with Gasteiger partial charge in [0.15, 0.2) is 0 Å². The lowest BCUT2D eigenvalue weighted by atomic mass is 9.83. The molecule has 0 amide bonds. The van der Waals surface area contributed by atoms with Crippen LogP contribution in [0.15, 0.2) is 16.8 Å². The molecule has 0 bridgehead atoms. The lowest BCUT2D eigenvalue weighted by Gasteiger charge is -2.37. The van der Waals surface area contributed by atoms with Gasteiger partial charge in [-0.3, -0.25) is 9.59 Å². The molecule has 2 atom stereocenters. The molecule has 0 radical (unpaired) electrons. The second-order valence-electron chi connectivity index (χ2n) is 3.77. The monoisotopic (exact) mass is 700 g/mol. The number of carboxylic acid groups (broad SMARTS) is 2. The molecule has 0 saturated carbocycles. The van der Waals surface area contributed by atoms with E-state index in [2.05, 4.69) is 90.4 Å². The Kier molecular flexibility index (Phi) is 6.63. The van der Waals surface area contributed by atoms with Gasteiger partial charge in [-0.15, -0.1) is 0 Å². The second-order valence-corrected chi connectivity index (χ2v) is 9.18. The zero-order chi connectivity index (χ0) is 14.1. The Morgan fingerprint density at radius 2 is 1.78 bits per heavy atom. The molecule has 18 heavy (non-hydrogen) atoms. The molecule has 2 N–H and O–H groups in total. The number of rotatable bonds is 4. The molecule has 2 unspecified atom stereocenters. The molecule has 0 aromatic carbocycles. The van der Waals surface area contributed by atoms with Crippen LogP contribution in [0.5, 0.6) is 0 Å². The molecule has 0 fully saturated rings. The van der Waals surface area contributed by atoms with Crippen LogP contribution in [0.25, 0.3) is 0 Å². The maximum absolute atomic E-state index is 11.0. The lowest BCUT2D eigenvalue weighted by molar-refractivity contribution is -0.140. The molecule has 4 nitrogen and oxygen atoms in total. The van der Waals surface area contributed by atoms with Crippen LogP contribution in [0.2, 0.25) is 0 Å². The molecular weight excluding hydrogens is 692 g/mol. The Morgan fingerprint density at radius 1 is 1.22 bits per heavy atom. The summed E-state index contributed by atoms with van der Waals surface area (Å²) in [5.74, 6) is -2.12. The van der Waals surface area contributed by atoms with Crippen LogP contribution < -0.4 is 0 Å². The van der Waals surface area contributed by atoms with Crippen molar-refractivity contribution in [2.24, 2.45) is 5.92 Å².